The summed E-state index contributed by atoms with van der Waals surface area (Å²) < 4.78 is 68.5. The summed E-state index contributed by atoms with van der Waals surface area (Å²) in [4.78, 5) is 9.17. The molecule has 150 valence electrons. The van der Waals surface area contributed by atoms with Gasteiger partial charge in [0.2, 0.25) is 5.88 Å². The second-order valence-corrected chi connectivity index (χ2v) is 6.66. The van der Waals surface area contributed by atoms with Gasteiger partial charge in [-0.2, -0.15) is 32.2 Å². The summed E-state index contributed by atoms with van der Waals surface area (Å²) in [7, 11) is 0. The van der Waals surface area contributed by atoms with Crippen molar-refractivity contribution < 1.29 is 26.7 Å². The number of aryl methyl sites for hydroxylation is 1. The second kappa shape index (κ2) is 8.78. The summed E-state index contributed by atoms with van der Waals surface area (Å²) in [6.07, 6.45) is -2.85. The van der Waals surface area contributed by atoms with Crippen LogP contribution < -0.4 is 4.74 Å². The number of rotatable bonds is 7. The van der Waals surface area contributed by atoms with Crippen LogP contribution in [0.5, 0.6) is 5.88 Å². The third kappa shape index (κ3) is 6.27. The molecule has 0 radical (unpaired) electrons. The van der Waals surface area contributed by atoms with Crippen LogP contribution in [0.15, 0.2) is 6.07 Å². The Morgan fingerprint density at radius 3 is 2.48 bits per heavy atom. The lowest BCUT2D eigenvalue weighted by atomic mass is 9.92. The number of halogens is 5. The van der Waals surface area contributed by atoms with Gasteiger partial charge < -0.3 is 4.74 Å². The van der Waals surface area contributed by atoms with E-state index >= 15 is 0 Å². The molecule has 0 saturated carbocycles. The van der Waals surface area contributed by atoms with E-state index in [2.05, 4.69) is 9.97 Å². The average molecular weight is 392 g/mol. The Hall–Kier alpha value is -2.02. The third-order valence-corrected chi connectivity index (χ3v) is 4.48. The highest BCUT2D eigenvalue weighted by molar-refractivity contribution is 5.25. The molecule has 0 bridgehead atoms. The molecular formula is C17H21F5N4O. The normalized spacial score (nSPS) is 16.9. The molecule has 0 aliphatic carbocycles. The first kappa shape index (κ1) is 21.3. The van der Waals surface area contributed by atoms with Crippen molar-refractivity contribution in [3.8, 4) is 11.9 Å². The van der Waals surface area contributed by atoms with E-state index < -0.39 is 18.6 Å². The van der Waals surface area contributed by atoms with Crippen molar-refractivity contribution >= 4 is 0 Å². The van der Waals surface area contributed by atoms with E-state index in [9.17, 15) is 22.0 Å². The largest absolute Gasteiger partial charge is 0.478 e. The van der Waals surface area contributed by atoms with Gasteiger partial charge in [-0.25, -0.2) is 4.98 Å². The fraction of sp³-hybridized carbons (Fsp3) is 0.706. The molecule has 1 aromatic rings. The van der Waals surface area contributed by atoms with Gasteiger partial charge in [0.05, 0.1) is 13.2 Å². The highest BCUT2D eigenvalue weighted by Crippen LogP contribution is 2.36. The quantitative estimate of drug-likeness (QED) is 0.523. The van der Waals surface area contributed by atoms with E-state index in [1.54, 1.807) is 6.92 Å². The van der Waals surface area contributed by atoms with Crippen molar-refractivity contribution in [3.05, 3.63) is 17.6 Å². The molecule has 0 spiro atoms. The first-order chi connectivity index (χ1) is 12.6. The molecule has 0 amide bonds. The van der Waals surface area contributed by atoms with Crippen LogP contribution in [0.4, 0.5) is 22.0 Å². The number of aromatic nitrogens is 2. The third-order valence-electron chi connectivity index (χ3n) is 4.48. The van der Waals surface area contributed by atoms with Crippen LogP contribution in [-0.2, 0) is 0 Å². The summed E-state index contributed by atoms with van der Waals surface area (Å²) in [5.74, 6) is -3.65. The number of likely N-dealkylation sites (tertiary alicyclic amines) is 1. The SMILES string of the molecule is Cc1nc(C#N)cc(OCCCC2CCN(CC(F)(F)C(F)(F)F)CC2)n1. The zero-order valence-corrected chi connectivity index (χ0v) is 14.9. The number of hydrogen-bond donors (Lipinski definition) is 0. The van der Waals surface area contributed by atoms with Crippen LogP contribution in [-0.4, -0.2) is 53.2 Å². The smallest absolute Gasteiger partial charge is 0.454 e. The van der Waals surface area contributed by atoms with E-state index in [0.717, 1.165) is 6.42 Å². The molecule has 0 aromatic carbocycles. The van der Waals surface area contributed by atoms with Crippen molar-refractivity contribution in [3.63, 3.8) is 0 Å². The Kier molecular flexibility index (Phi) is 6.92. The fourth-order valence-electron chi connectivity index (χ4n) is 3.02. The maximum Gasteiger partial charge on any atom is 0.454 e. The van der Waals surface area contributed by atoms with Crippen LogP contribution in [0.2, 0.25) is 0 Å². The molecule has 1 aromatic heterocycles. The molecule has 2 heterocycles. The number of nitrogens with zero attached hydrogens (tertiary/aromatic N) is 4. The van der Waals surface area contributed by atoms with Crippen molar-refractivity contribution in [2.24, 2.45) is 5.92 Å². The molecule has 0 unspecified atom stereocenters. The number of alkyl halides is 5. The Labute approximate surface area is 154 Å². The second-order valence-electron chi connectivity index (χ2n) is 6.66. The van der Waals surface area contributed by atoms with Gasteiger partial charge in [-0.15, -0.1) is 0 Å². The lowest BCUT2D eigenvalue weighted by Crippen LogP contribution is -2.49. The van der Waals surface area contributed by atoms with Crippen LogP contribution >= 0.6 is 0 Å². The zero-order chi connectivity index (χ0) is 20.1. The first-order valence-corrected chi connectivity index (χ1v) is 8.66. The first-order valence-electron chi connectivity index (χ1n) is 8.66. The van der Waals surface area contributed by atoms with Gasteiger partial charge >= 0.3 is 12.1 Å². The van der Waals surface area contributed by atoms with Crippen LogP contribution in [0.3, 0.4) is 0 Å². The van der Waals surface area contributed by atoms with Crippen LogP contribution in [0, 0.1) is 24.2 Å². The molecule has 0 atom stereocenters. The molecule has 2 rings (SSSR count). The predicted octanol–water partition coefficient (Wildman–Crippen LogP) is 3.73. The molecule has 1 saturated heterocycles. The molecule has 1 aliphatic rings. The highest BCUT2D eigenvalue weighted by Gasteiger charge is 2.58. The maximum atomic E-state index is 13.1. The average Bonchev–Trinajstić information content (AvgIpc) is 2.58. The van der Waals surface area contributed by atoms with Gasteiger partial charge in [0, 0.05) is 6.07 Å². The monoisotopic (exact) mass is 392 g/mol. The van der Waals surface area contributed by atoms with E-state index in [0.29, 0.717) is 37.6 Å². The van der Waals surface area contributed by atoms with Crippen LogP contribution in [0.25, 0.3) is 0 Å². The van der Waals surface area contributed by atoms with E-state index in [1.807, 2.05) is 6.07 Å². The maximum absolute atomic E-state index is 13.1. The summed E-state index contributed by atoms with van der Waals surface area (Å²) in [6, 6.07) is 3.37. The number of piperidine rings is 1. The molecule has 0 N–H and O–H groups in total. The minimum atomic E-state index is -5.51. The fourth-order valence-corrected chi connectivity index (χ4v) is 3.02. The molecule has 5 nitrogen and oxygen atoms in total. The van der Waals surface area contributed by atoms with Crippen molar-refractivity contribution in [2.45, 2.75) is 44.7 Å². The Morgan fingerprint density at radius 2 is 1.89 bits per heavy atom. The van der Waals surface area contributed by atoms with E-state index in [1.165, 1.54) is 11.0 Å². The summed E-state index contributed by atoms with van der Waals surface area (Å²) in [6.45, 7) is 1.22. The minimum absolute atomic E-state index is 0.223. The Balaban J connectivity index is 1.68. The van der Waals surface area contributed by atoms with Gasteiger partial charge in [0.1, 0.15) is 17.6 Å². The van der Waals surface area contributed by atoms with Gasteiger partial charge in [0.15, 0.2) is 0 Å². The summed E-state index contributed by atoms with van der Waals surface area (Å²) in [5.41, 5.74) is 0.223. The van der Waals surface area contributed by atoms with Crippen LogP contribution in [0.1, 0.15) is 37.2 Å². The number of nitriles is 1. The Morgan fingerprint density at radius 1 is 1.22 bits per heavy atom. The Bertz CT molecular complexity index is 666. The van der Waals surface area contributed by atoms with Crippen molar-refractivity contribution in [2.75, 3.05) is 26.2 Å². The van der Waals surface area contributed by atoms with Gasteiger partial charge in [-0.3, -0.25) is 4.90 Å². The lowest BCUT2D eigenvalue weighted by Gasteiger charge is -2.34. The molecule has 1 aliphatic heterocycles. The van der Waals surface area contributed by atoms with E-state index in [4.69, 9.17) is 10.00 Å². The standard InChI is InChI=1S/C17H21F5N4O/c1-12-24-14(10-23)9-15(25-12)27-8-2-3-13-4-6-26(7-5-13)11-16(18,19)17(20,21)22/h9,13H,2-8,11H2,1H3. The van der Waals surface area contributed by atoms with Crippen molar-refractivity contribution in [1.82, 2.24) is 14.9 Å². The molecule has 1 fully saturated rings. The molecular weight excluding hydrogens is 371 g/mol. The topological polar surface area (TPSA) is 62.0 Å². The zero-order valence-electron chi connectivity index (χ0n) is 14.9. The van der Waals surface area contributed by atoms with Gasteiger partial charge in [0.25, 0.3) is 0 Å². The number of ether oxygens (including phenoxy) is 1. The summed E-state index contributed by atoms with van der Waals surface area (Å²) >= 11 is 0. The molecule has 27 heavy (non-hydrogen) atoms. The minimum Gasteiger partial charge on any atom is -0.478 e. The highest BCUT2D eigenvalue weighted by atomic mass is 19.4. The lowest BCUT2D eigenvalue weighted by molar-refractivity contribution is -0.287. The molecule has 10 heteroatoms. The van der Waals surface area contributed by atoms with Gasteiger partial charge in [-0.1, -0.05) is 0 Å². The van der Waals surface area contributed by atoms with Gasteiger partial charge in [-0.05, 0) is 51.6 Å². The van der Waals surface area contributed by atoms with E-state index in [-0.39, 0.29) is 24.7 Å². The summed E-state index contributed by atoms with van der Waals surface area (Å²) in [5, 5.41) is 8.86. The predicted molar refractivity (Wildman–Crippen MR) is 86.4 cm³/mol. The van der Waals surface area contributed by atoms with Crippen molar-refractivity contribution in [1.29, 1.82) is 5.26 Å². The number of hydrogen-bond acceptors (Lipinski definition) is 5.